The molecule has 1 fully saturated rings. The molecule has 0 bridgehead atoms. The van der Waals surface area contributed by atoms with Gasteiger partial charge in [-0.25, -0.2) is 4.79 Å². The fourth-order valence-corrected chi connectivity index (χ4v) is 1.96. The molecule has 1 aliphatic heterocycles. The Labute approximate surface area is 129 Å². The summed E-state index contributed by atoms with van der Waals surface area (Å²) in [5.74, 6) is -0.180. The molecule has 1 aliphatic rings. The van der Waals surface area contributed by atoms with Gasteiger partial charge in [0, 0.05) is 32.1 Å². The number of carbonyl (C=O) groups excluding carboxylic acids is 2. The van der Waals surface area contributed by atoms with Gasteiger partial charge >= 0.3 is 6.09 Å². The van der Waals surface area contributed by atoms with E-state index < -0.39 is 11.7 Å². The average molecular weight is 307 g/mol. The number of hydrogen-bond donors (Lipinski definition) is 1. The van der Waals surface area contributed by atoms with Crippen LogP contribution in [0, 0.1) is 0 Å². The Morgan fingerprint density at radius 3 is 2.64 bits per heavy atom. The van der Waals surface area contributed by atoms with E-state index in [2.05, 4.69) is 10.3 Å². The van der Waals surface area contributed by atoms with Crippen LogP contribution < -0.4 is 5.32 Å². The molecular weight excluding hydrogens is 286 g/mol. The molecule has 0 saturated carbocycles. The molecule has 0 aromatic carbocycles. The van der Waals surface area contributed by atoms with E-state index in [-0.39, 0.29) is 17.7 Å². The predicted octanol–water partition coefficient (Wildman–Crippen LogP) is 1.90. The highest BCUT2D eigenvalue weighted by atomic mass is 16.6. The maximum atomic E-state index is 12.2. The Morgan fingerprint density at radius 2 is 2.05 bits per heavy atom. The third-order valence-electron chi connectivity index (χ3n) is 3.09. The Kier molecular flexibility index (Phi) is 4.65. The molecule has 0 atom stereocenters. The number of carbonyl (C=O) groups is 2. The van der Waals surface area contributed by atoms with Crippen LogP contribution >= 0.6 is 0 Å². The third kappa shape index (κ3) is 4.17. The van der Waals surface area contributed by atoms with Crippen molar-refractivity contribution in [1.82, 2.24) is 9.88 Å². The van der Waals surface area contributed by atoms with Crippen molar-refractivity contribution in [2.24, 2.45) is 0 Å². The van der Waals surface area contributed by atoms with Crippen molar-refractivity contribution < 1.29 is 19.1 Å². The summed E-state index contributed by atoms with van der Waals surface area (Å²) in [6, 6.07) is 3.14. The first-order valence-electron chi connectivity index (χ1n) is 7.06. The minimum Gasteiger partial charge on any atom is -0.444 e. The van der Waals surface area contributed by atoms with Crippen LogP contribution in [-0.2, 0) is 9.47 Å². The van der Waals surface area contributed by atoms with E-state index in [0.717, 1.165) is 0 Å². The Bertz CT molecular complexity index is 562. The highest BCUT2D eigenvalue weighted by Crippen LogP contribution is 2.17. The first-order valence-corrected chi connectivity index (χ1v) is 7.06. The summed E-state index contributed by atoms with van der Waals surface area (Å²) in [4.78, 5) is 29.6. The van der Waals surface area contributed by atoms with Gasteiger partial charge in [-0.1, -0.05) is 0 Å². The lowest BCUT2D eigenvalue weighted by atomic mass is 10.1. The van der Waals surface area contributed by atoms with Crippen molar-refractivity contribution in [2.45, 2.75) is 32.5 Å². The van der Waals surface area contributed by atoms with Crippen molar-refractivity contribution in [3.63, 3.8) is 0 Å². The molecule has 120 valence electrons. The first kappa shape index (κ1) is 16.2. The molecule has 1 aromatic rings. The van der Waals surface area contributed by atoms with E-state index in [1.807, 2.05) is 0 Å². The summed E-state index contributed by atoms with van der Waals surface area (Å²) >= 11 is 0. The van der Waals surface area contributed by atoms with Crippen LogP contribution in [0.15, 0.2) is 18.3 Å². The molecule has 2 amide bonds. The molecule has 7 heteroatoms. The number of pyridine rings is 1. The molecule has 0 unspecified atom stereocenters. The number of hydrogen-bond acceptors (Lipinski definition) is 5. The first-order chi connectivity index (χ1) is 10.3. The molecule has 0 radical (unpaired) electrons. The number of methoxy groups -OCH3 is 1. The van der Waals surface area contributed by atoms with Crippen molar-refractivity contribution in [3.05, 3.63) is 24.0 Å². The standard InChI is InChI=1S/C15H21N3O4/c1-15(2,3)22-14(20)17-10-5-6-16-12(7-10)13(19)18-8-11(9-18)21-4/h5-7,11H,8-9H2,1-4H3,(H,16,17,20). The summed E-state index contributed by atoms with van der Waals surface area (Å²) in [7, 11) is 1.62. The zero-order valence-corrected chi connectivity index (χ0v) is 13.3. The molecule has 22 heavy (non-hydrogen) atoms. The number of nitrogens with one attached hydrogen (secondary N) is 1. The van der Waals surface area contributed by atoms with Gasteiger partial charge in [-0.05, 0) is 32.9 Å². The van der Waals surface area contributed by atoms with Crippen LogP contribution in [0.3, 0.4) is 0 Å². The van der Waals surface area contributed by atoms with Gasteiger partial charge in [-0.3, -0.25) is 15.1 Å². The van der Waals surface area contributed by atoms with Crippen LogP contribution in [0.2, 0.25) is 0 Å². The van der Waals surface area contributed by atoms with Gasteiger partial charge in [0.15, 0.2) is 0 Å². The van der Waals surface area contributed by atoms with Crippen LogP contribution in [0.5, 0.6) is 0 Å². The molecule has 2 heterocycles. The Hall–Kier alpha value is -2.15. The zero-order valence-electron chi connectivity index (χ0n) is 13.3. The minimum absolute atomic E-state index is 0.0898. The van der Waals surface area contributed by atoms with Crippen LogP contribution in [0.4, 0.5) is 10.5 Å². The molecule has 0 spiro atoms. The summed E-state index contributed by atoms with van der Waals surface area (Å²) < 4.78 is 10.3. The van der Waals surface area contributed by atoms with Gasteiger partial charge in [0.25, 0.3) is 5.91 Å². The predicted molar refractivity (Wildman–Crippen MR) is 80.8 cm³/mol. The second kappa shape index (κ2) is 6.31. The molecule has 1 saturated heterocycles. The van der Waals surface area contributed by atoms with Crippen LogP contribution in [0.1, 0.15) is 31.3 Å². The van der Waals surface area contributed by atoms with E-state index in [4.69, 9.17) is 9.47 Å². The fourth-order valence-electron chi connectivity index (χ4n) is 1.96. The summed E-state index contributed by atoms with van der Waals surface area (Å²) in [6.45, 7) is 6.46. The van der Waals surface area contributed by atoms with Crippen molar-refractivity contribution in [1.29, 1.82) is 0 Å². The highest BCUT2D eigenvalue weighted by molar-refractivity contribution is 5.95. The van der Waals surface area contributed by atoms with Crippen molar-refractivity contribution in [3.8, 4) is 0 Å². The maximum absolute atomic E-state index is 12.2. The van der Waals surface area contributed by atoms with E-state index in [9.17, 15) is 9.59 Å². The second-order valence-corrected chi connectivity index (χ2v) is 6.12. The quantitative estimate of drug-likeness (QED) is 0.922. The topological polar surface area (TPSA) is 80.8 Å². The summed E-state index contributed by atoms with van der Waals surface area (Å²) in [6.07, 6.45) is 1.00. The normalized spacial score (nSPS) is 15.2. The van der Waals surface area contributed by atoms with Crippen molar-refractivity contribution in [2.75, 3.05) is 25.5 Å². The molecule has 1 N–H and O–H groups in total. The lowest BCUT2D eigenvalue weighted by Crippen LogP contribution is -2.54. The maximum Gasteiger partial charge on any atom is 0.412 e. The number of aromatic nitrogens is 1. The third-order valence-corrected chi connectivity index (χ3v) is 3.09. The number of amides is 2. The lowest BCUT2D eigenvalue weighted by molar-refractivity contribution is -0.0194. The lowest BCUT2D eigenvalue weighted by Gasteiger charge is -2.37. The number of anilines is 1. The van der Waals surface area contributed by atoms with Crippen LogP contribution in [-0.4, -0.2) is 53.8 Å². The molecule has 1 aromatic heterocycles. The Balaban J connectivity index is 1.98. The number of likely N-dealkylation sites (tertiary alicyclic amines) is 1. The SMILES string of the molecule is COC1CN(C(=O)c2cc(NC(=O)OC(C)(C)C)ccn2)C1. The van der Waals surface area contributed by atoms with Crippen LogP contribution in [0.25, 0.3) is 0 Å². The summed E-state index contributed by atoms with van der Waals surface area (Å²) in [5.41, 5.74) is 0.169. The largest absolute Gasteiger partial charge is 0.444 e. The van der Waals surface area contributed by atoms with E-state index >= 15 is 0 Å². The van der Waals surface area contributed by atoms with E-state index in [1.165, 1.54) is 12.3 Å². The number of rotatable bonds is 3. The van der Waals surface area contributed by atoms with Gasteiger partial charge in [-0.15, -0.1) is 0 Å². The van der Waals surface area contributed by atoms with Gasteiger partial charge in [0.1, 0.15) is 11.3 Å². The van der Waals surface area contributed by atoms with Gasteiger partial charge in [-0.2, -0.15) is 0 Å². The molecule has 7 nitrogen and oxygen atoms in total. The molecular formula is C15H21N3O4. The second-order valence-electron chi connectivity index (χ2n) is 6.12. The summed E-state index contributed by atoms with van der Waals surface area (Å²) in [5, 5.41) is 2.59. The van der Waals surface area contributed by atoms with E-state index in [0.29, 0.717) is 18.8 Å². The fraction of sp³-hybridized carbons (Fsp3) is 0.533. The van der Waals surface area contributed by atoms with Gasteiger partial charge < -0.3 is 14.4 Å². The average Bonchev–Trinajstić information content (AvgIpc) is 2.35. The Morgan fingerprint density at radius 1 is 1.36 bits per heavy atom. The van der Waals surface area contributed by atoms with Gasteiger partial charge in [0.05, 0.1) is 6.10 Å². The monoisotopic (exact) mass is 307 g/mol. The number of ether oxygens (including phenoxy) is 2. The number of nitrogens with zero attached hydrogens (tertiary/aromatic N) is 2. The minimum atomic E-state index is -0.581. The smallest absolute Gasteiger partial charge is 0.412 e. The zero-order chi connectivity index (χ0) is 16.3. The highest BCUT2D eigenvalue weighted by Gasteiger charge is 2.31. The van der Waals surface area contributed by atoms with Crippen molar-refractivity contribution >= 4 is 17.7 Å². The molecule has 2 rings (SSSR count). The molecule has 0 aliphatic carbocycles. The van der Waals surface area contributed by atoms with E-state index in [1.54, 1.807) is 38.8 Å². The van der Waals surface area contributed by atoms with Gasteiger partial charge in [0.2, 0.25) is 0 Å².